The van der Waals surface area contributed by atoms with E-state index in [0.29, 0.717) is 6.04 Å². The molecular formula is C14H21N. The summed E-state index contributed by atoms with van der Waals surface area (Å²) < 4.78 is 0. The highest BCUT2D eigenvalue weighted by Gasteiger charge is 2.20. The van der Waals surface area contributed by atoms with E-state index in [1.165, 1.54) is 31.2 Å². The summed E-state index contributed by atoms with van der Waals surface area (Å²) in [7, 11) is 0. The summed E-state index contributed by atoms with van der Waals surface area (Å²) in [5, 5.41) is 3.64. The Morgan fingerprint density at radius 1 is 1.20 bits per heavy atom. The molecule has 0 radical (unpaired) electrons. The zero-order chi connectivity index (χ0) is 10.5. The third-order valence-electron chi connectivity index (χ3n) is 3.58. The van der Waals surface area contributed by atoms with Crippen molar-refractivity contribution in [2.45, 2.75) is 45.2 Å². The fraction of sp³-hybridized carbons (Fsp3) is 0.571. The minimum absolute atomic E-state index is 0.674. The van der Waals surface area contributed by atoms with Crippen molar-refractivity contribution in [2.24, 2.45) is 5.92 Å². The van der Waals surface area contributed by atoms with Crippen LogP contribution in [-0.2, 0) is 6.54 Å². The van der Waals surface area contributed by atoms with Gasteiger partial charge in [-0.05, 0) is 31.2 Å². The number of rotatable bonds is 4. The van der Waals surface area contributed by atoms with Gasteiger partial charge in [0.2, 0.25) is 0 Å². The summed E-state index contributed by atoms with van der Waals surface area (Å²) in [6.45, 7) is 3.34. The first-order valence-corrected chi connectivity index (χ1v) is 6.13. The molecule has 0 bridgehead atoms. The molecule has 1 N–H and O–H groups in total. The van der Waals surface area contributed by atoms with Crippen molar-refractivity contribution >= 4 is 0 Å². The van der Waals surface area contributed by atoms with Gasteiger partial charge in [0.05, 0.1) is 0 Å². The highest BCUT2D eigenvalue weighted by molar-refractivity contribution is 5.14. The van der Waals surface area contributed by atoms with E-state index in [4.69, 9.17) is 0 Å². The van der Waals surface area contributed by atoms with Crippen LogP contribution in [-0.4, -0.2) is 6.04 Å². The Morgan fingerprint density at radius 3 is 2.53 bits per heavy atom. The molecule has 0 saturated heterocycles. The fourth-order valence-electron chi connectivity index (χ4n) is 2.50. The Morgan fingerprint density at radius 2 is 1.87 bits per heavy atom. The van der Waals surface area contributed by atoms with Crippen LogP contribution in [0.25, 0.3) is 0 Å². The van der Waals surface area contributed by atoms with E-state index in [-0.39, 0.29) is 0 Å². The lowest BCUT2D eigenvalue weighted by Crippen LogP contribution is -2.31. The van der Waals surface area contributed by atoms with Gasteiger partial charge >= 0.3 is 0 Å². The van der Waals surface area contributed by atoms with Crippen LogP contribution in [0.3, 0.4) is 0 Å². The quantitative estimate of drug-likeness (QED) is 0.791. The molecule has 1 aliphatic rings. The van der Waals surface area contributed by atoms with Gasteiger partial charge in [-0.2, -0.15) is 0 Å². The van der Waals surface area contributed by atoms with Crippen molar-refractivity contribution in [3.8, 4) is 0 Å². The van der Waals surface area contributed by atoms with Crippen molar-refractivity contribution < 1.29 is 0 Å². The third kappa shape index (κ3) is 3.07. The molecule has 0 aliphatic heterocycles. The van der Waals surface area contributed by atoms with E-state index < -0.39 is 0 Å². The van der Waals surface area contributed by atoms with Crippen LogP contribution in [0, 0.1) is 5.92 Å². The third-order valence-corrected chi connectivity index (χ3v) is 3.58. The fourth-order valence-corrected chi connectivity index (χ4v) is 2.50. The minimum Gasteiger partial charge on any atom is -0.310 e. The molecule has 0 spiro atoms. The first kappa shape index (κ1) is 10.7. The van der Waals surface area contributed by atoms with E-state index in [9.17, 15) is 0 Å². The molecule has 2 rings (SSSR count). The topological polar surface area (TPSA) is 12.0 Å². The second-order valence-electron chi connectivity index (χ2n) is 4.70. The molecule has 1 aromatic carbocycles. The highest BCUT2D eigenvalue weighted by Crippen LogP contribution is 2.27. The van der Waals surface area contributed by atoms with Gasteiger partial charge in [-0.3, -0.25) is 0 Å². The van der Waals surface area contributed by atoms with Crippen LogP contribution < -0.4 is 5.32 Å². The predicted molar refractivity (Wildman–Crippen MR) is 64.7 cm³/mol. The van der Waals surface area contributed by atoms with Crippen LogP contribution in [0.4, 0.5) is 0 Å². The molecular weight excluding hydrogens is 182 g/mol. The molecule has 15 heavy (non-hydrogen) atoms. The van der Waals surface area contributed by atoms with Gasteiger partial charge < -0.3 is 5.32 Å². The molecule has 1 saturated carbocycles. The smallest absolute Gasteiger partial charge is 0.0208 e. The number of hydrogen-bond donors (Lipinski definition) is 1. The summed E-state index contributed by atoms with van der Waals surface area (Å²) >= 11 is 0. The molecule has 1 fully saturated rings. The Balaban J connectivity index is 1.77. The lowest BCUT2D eigenvalue weighted by molar-refractivity contribution is 0.380. The molecule has 1 nitrogen and oxygen atoms in total. The number of hydrogen-bond acceptors (Lipinski definition) is 1. The monoisotopic (exact) mass is 203 g/mol. The molecule has 0 heterocycles. The molecule has 0 aromatic heterocycles. The van der Waals surface area contributed by atoms with Gasteiger partial charge in [0.15, 0.2) is 0 Å². The summed E-state index contributed by atoms with van der Waals surface area (Å²) in [4.78, 5) is 0. The van der Waals surface area contributed by atoms with E-state index in [0.717, 1.165) is 12.5 Å². The van der Waals surface area contributed by atoms with Crippen LogP contribution >= 0.6 is 0 Å². The molecule has 1 heteroatoms. The first-order chi connectivity index (χ1) is 7.36. The van der Waals surface area contributed by atoms with Crippen molar-refractivity contribution in [1.82, 2.24) is 5.32 Å². The van der Waals surface area contributed by atoms with Crippen molar-refractivity contribution in [1.29, 1.82) is 0 Å². The largest absolute Gasteiger partial charge is 0.310 e. The Hall–Kier alpha value is -0.820. The SMILES string of the molecule is C[C@@H](NCc1ccccc1)C1CCCC1. The molecule has 1 aliphatic carbocycles. The zero-order valence-electron chi connectivity index (χ0n) is 9.58. The summed E-state index contributed by atoms with van der Waals surface area (Å²) in [5.41, 5.74) is 1.39. The van der Waals surface area contributed by atoms with Crippen molar-refractivity contribution in [3.63, 3.8) is 0 Å². The molecule has 1 atom stereocenters. The minimum atomic E-state index is 0.674. The summed E-state index contributed by atoms with van der Waals surface area (Å²) in [5.74, 6) is 0.911. The average molecular weight is 203 g/mol. The maximum absolute atomic E-state index is 3.64. The van der Waals surface area contributed by atoms with Crippen LogP contribution in [0.15, 0.2) is 30.3 Å². The molecule has 0 unspecified atom stereocenters. The van der Waals surface area contributed by atoms with E-state index >= 15 is 0 Å². The maximum Gasteiger partial charge on any atom is 0.0208 e. The standard InChI is InChI=1S/C14H21N/c1-12(14-9-5-6-10-14)15-11-13-7-3-2-4-8-13/h2-4,7-8,12,14-15H,5-6,9-11H2,1H3/t12-/m1/s1. The van der Waals surface area contributed by atoms with Gasteiger partial charge in [-0.1, -0.05) is 43.2 Å². The van der Waals surface area contributed by atoms with Crippen LogP contribution in [0.2, 0.25) is 0 Å². The van der Waals surface area contributed by atoms with Gasteiger partial charge in [-0.25, -0.2) is 0 Å². The average Bonchev–Trinajstić information content (AvgIpc) is 2.81. The highest BCUT2D eigenvalue weighted by atomic mass is 14.9. The molecule has 0 amide bonds. The number of benzene rings is 1. The normalized spacial score (nSPS) is 19.3. The zero-order valence-corrected chi connectivity index (χ0v) is 9.58. The van der Waals surface area contributed by atoms with Crippen molar-refractivity contribution in [3.05, 3.63) is 35.9 Å². The van der Waals surface area contributed by atoms with Crippen molar-refractivity contribution in [2.75, 3.05) is 0 Å². The Kier molecular flexibility index (Phi) is 3.79. The van der Waals surface area contributed by atoms with Gasteiger partial charge in [0.1, 0.15) is 0 Å². The van der Waals surface area contributed by atoms with E-state index in [1.54, 1.807) is 0 Å². The Labute approximate surface area is 92.9 Å². The first-order valence-electron chi connectivity index (χ1n) is 6.13. The summed E-state index contributed by atoms with van der Waals surface area (Å²) in [6, 6.07) is 11.3. The molecule has 1 aromatic rings. The molecule has 82 valence electrons. The van der Waals surface area contributed by atoms with E-state index in [2.05, 4.69) is 42.6 Å². The van der Waals surface area contributed by atoms with Gasteiger partial charge in [-0.15, -0.1) is 0 Å². The number of nitrogens with one attached hydrogen (secondary N) is 1. The van der Waals surface area contributed by atoms with Crippen LogP contribution in [0.5, 0.6) is 0 Å². The van der Waals surface area contributed by atoms with Gasteiger partial charge in [0.25, 0.3) is 0 Å². The lowest BCUT2D eigenvalue weighted by Gasteiger charge is -2.20. The summed E-state index contributed by atoms with van der Waals surface area (Å²) in [6.07, 6.45) is 5.70. The second-order valence-corrected chi connectivity index (χ2v) is 4.70. The Bertz CT molecular complexity index is 275. The lowest BCUT2D eigenvalue weighted by atomic mass is 9.99. The predicted octanol–water partition coefficient (Wildman–Crippen LogP) is 3.35. The maximum atomic E-state index is 3.64. The van der Waals surface area contributed by atoms with Gasteiger partial charge in [0, 0.05) is 12.6 Å². The van der Waals surface area contributed by atoms with E-state index in [1.807, 2.05) is 0 Å². The van der Waals surface area contributed by atoms with Crippen LogP contribution in [0.1, 0.15) is 38.2 Å². The second kappa shape index (κ2) is 5.32.